The maximum Gasteiger partial charge on any atom is 0.305 e. The topological polar surface area (TPSA) is 63.7 Å². The van der Waals surface area contributed by atoms with E-state index in [0.717, 1.165) is 25.7 Å². The fourth-order valence-corrected chi connectivity index (χ4v) is 3.94. The highest BCUT2D eigenvalue weighted by atomic mass is 32.2. The summed E-state index contributed by atoms with van der Waals surface area (Å²) in [4.78, 5) is 11.0. The molecule has 0 saturated heterocycles. The summed E-state index contributed by atoms with van der Waals surface area (Å²) >= 11 is 0. The number of carbonyl (C=O) groups excluding carboxylic acids is 1. The predicted molar refractivity (Wildman–Crippen MR) is 74.2 cm³/mol. The molecule has 0 heterocycles. The SMILES string of the molecule is COC(=O)CCCS(=O)(=O)N(C)C1CCC(C)CC1. The zero-order valence-electron chi connectivity index (χ0n) is 12.1. The molecule has 1 saturated carbocycles. The molecule has 0 atom stereocenters. The first-order valence-corrected chi connectivity index (χ1v) is 8.50. The normalized spacial score (nSPS) is 24.4. The molecule has 5 nitrogen and oxygen atoms in total. The number of esters is 1. The summed E-state index contributed by atoms with van der Waals surface area (Å²) in [5.41, 5.74) is 0. The van der Waals surface area contributed by atoms with Gasteiger partial charge < -0.3 is 4.74 Å². The third-order valence-electron chi connectivity index (χ3n) is 3.95. The van der Waals surface area contributed by atoms with Crippen LogP contribution < -0.4 is 0 Å². The van der Waals surface area contributed by atoms with E-state index in [4.69, 9.17) is 0 Å². The first-order chi connectivity index (χ1) is 8.86. The minimum absolute atomic E-state index is 0.0185. The van der Waals surface area contributed by atoms with Crippen LogP contribution in [0.4, 0.5) is 0 Å². The van der Waals surface area contributed by atoms with Gasteiger partial charge in [0.25, 0.3) is 0 Å². The average molecular weight is 291 g/mol. The van der Waals surface area contributed by atoms with Crippen molar-refractivity contribution < 1.29 is 17.9 Å². The van der Waals surface area contributed by atoms with Crippen LogP contribution in [0.25, 0.3) is 0 Å². The van der Waals surface area contributed by atoms with E-state index in [0.29, 0.717) is 12.3 Å². The van der Waals surface area contributed by atoms with Gasteiger partial charge in [-0.25, -0.2) is 12.7 Å². The van der Waals surface area contributed by atoms with E-state index in [2.05, 4.69) is 11.7 Å². The van der Waals surface area contributed by atoms with Crippen LogP contribution >= 0.6 is 0 Å². The molecule has 0 aromatic carbocycles. The molecule has 1 rings (SSSR count). The Morgan fingerprint density at radius 3 is 2.37 bits per heavy atom. The third kappa shape index (κ3) is 5.10. The van der Waals surface area contributed by atoms with E-state index < -0.39 is 10.0 Å². The Morgan fingerprint density at radius 2 is 1.84 bits per heavy atom. The smallest absolute Gasteiger partial charge is 0.305 e. The lowest BCUT2D eigenvalue weighted by Gasteiger charge is -2.32. The first kappa shape index (κ1) is 16.4. The highest BCUT2D eigenvalue weighted by Crippen LogP contribution is 2.27. The molecule has 1 aliphatic rings. The summed E-state index contributed by atoms with van der Waals surface area (Å²) in [6.07, 6.45) is 4.54. The van der Waals surface area contributed by atoms with Crippen LogP contribution in [0.3, 0.4) is 0 Å². The molecule has 0 aromatic rings. The van der Waals surface area contributed by atoms with E-state index >= 15 is 0 Å². The highest BCUT2D eigenvalue weighted by Gasteiger charge is 2.29. The predicted octanol–water partition coefficient (Wildman–Crippen LogP) is 1.78. The van der Waals surface area contributed by atoms with Crippen LogP contribution in [0.5, 0.6) is 0 Å². The van der Waals surface area contributed by atoms with Gasteiger partial charge in [-0.1, -0.05) is 6.92 Å². The van der Waals surface area contributed by atoms with Crippen molar-refractivity contribution in [3.05, 3.63) is 0 Å². The summed E-state index contributed by atoms with van der Waals surface area (Å²) in [5, 5.41) is 0. The molecule has 0 spiro atoms. The van der Waals surface area contributed by atoms with Gasteiger partial charge in [-0.3, -0.25) is 4.79 Å². The van der Waals surface area contributed by atoms with Crippen molar-refractivity contribution in [3.8, 4) is 0 Å². The second-order valence-electron chi connectivity index (χ2n) is 5.43. The lowest BCUT2D eigenvalue weighted by molar-refractivity contribution is -0.140. The van der Waals surface area contributed by atoms with Crippen LogP contribution in [0.1, 0.15) is 45.4 Å². The fourth-order valence-electron chi connectivity index (χ4n) is 2.48. The molecule has 0 aromatic heterocycles. The second kappa shape index (κ2) is 7.24. The van der Waals surface area contributed by atoms with Crippen LogP contribution in [0.15, 0.2) is 0 Å². The van der Waals surface area contributed by atoms with Crippen LogP contribution in [0, 0.1) is 5.92 Å². The molecule has 0 aliphatic heterocycles. The summed E-state index contributed by atoms with van der Waals surface area (Å²) in [7, 11) is -0.283. The Hall–Kier alpha value is -0.620. The Morgan fingerprint density at radius 1 is 1.26 bits per heavy atom. The molecule has 19 heavy (non-hydrogen) atoms. The maximum absolute atomic E-state index is 12.2. The number of sulfonamides is 1. The monoisotopic (exact) mass is 291 g/mol. The van der Waals surface area contributed by atoms with Gasteiger partial charge >= 0.3 is 5.97 Å². The Bertz CT molecular complexity index is 385. The summed E-state index contributed by atoms with van der Waals surface area (Å²) in [5.74, 6) is 0.362. The number of rotatable bonds is 6. The minimum Gasteiger partial charge on any atom is -0.469 e. The van der Waals surface area contributed by atoms with Gasteiger partial charge in [0.05, 0.1) is 12.9 Å². The van der Waals surface area contributed by atoms with Crippen molar-refractivity contribution in [3.63, 3.8) is 0 Å². The molecule has 0 N–H and O–H groups in total. The first-order valence-electron chi connectivity index (χ1n) is 6.89. The second-order valence-corrected chi connectivity index (χ2v) is 7.57. The van der Waals surface area contributed by atoms with Crippen molar-refractivity contribution in [1.29, 1.82) is 0 Å². The van der Waals surface area contributed by atoms with Gasteiger partial charge in [0, 0.05) is 19.5 Å². The number of hydrogen-bond acceptors (Lipinski definition) is 4. The molecular weight excluding hydrogens is 266 g/mol. The van der Waals surface area contributed by atoms with Crippen LogP contribution in [-0.2, 0) is 19.6 Å². The lowest BCUT2D eigenvalue weighted by atomic mass is 9.87. The molecule has 1 fully saturated rings. The largest absolute Gasteiger partial charge is 0.469 e. The summed E-state index contributed by atoms with van der Waals surface area (Å²) < 4.78 is 30.3. The lowest BCUT2D eigenvalue weighted by Crippen LogP contribution is -2.40. The zero-order chi connectivity index (χ0) is 14.5. The van der Waals surface area contributed by atoms with Gasteiger partial charge in [-0.2, -0.15) is 0 Å². The summed E-state index contributed by atoms with van der Waals surface area (Å²) in [6.45, 7) is 2.21. The third-order valence-corrected chi connectivity index (χ3v) is 5.93. The van der Waals surface area contributed by atoms with Crippen molar-refractivity contribution >= 4 is 16.0 Å². The van der Waals surface area contributed by atoms with E-state index in [9.17, 15) is 13.2 Å². The number of nitrogens with zero attached hydrogens (tertiary/aromatic N) is 1. The Balaban J connectivity index is 2.45. The van der Waals surface area contributed by atoms with Crippen molar-refractivity contribution in [1.82, 2.24) is 4.31 Å². The van der Waals surface area contributed by atoms with Crippen molar-refractivity contribution in [2.24, 2.45) is 5.92 Å². The van der Waals surface area contributed by atoms with Gasteiger partial charge in [-0.15, -0.1) is 0 Å². The van der Waals surface area contributed by atoms with E-state index in [-0.39, 0.29) is 24.2 Å². The van der Waals surface area contributed by atoms with E-state index in [1.54, 1.807) is 7.05 Å². The highest BCUT2D eigenvalue weighted by molar-refractivity contribution is 7.89. The molecule has 0 bridgehead atoms. The number of carbonyl (C=O) groups is 1. The van der Waals surface area contributed by atoms with Gasteiger partial charge in [0.2, 0.25) is 10.0 Å². The molecule has 6 heteroatoms. The Kier molecular flexibility index (Phi) is 6.26. The van der Waals surface area contributed by atoms with Crippen LogP contribution in [-0.4, -0.2) is 44.6 Å². The fraction of sp³-hybridized carbons (Fsp3) is 0.923. The van der Waals surface area contributed by atoms with Gasteiger partial charge in [0.1, 0.15) is 0 Å². The average Bonchev–Trinajstić information content (AvgIpc) is 2.38. The standard InChI is InChI=1S/C13H25NO4S/c1-11-6-8-12(9-7-11)14(2)19(16,17)10-4-5-13(15)18-3/h11-12H,4-10H2,1-3H3. The molecular formula is C13H25NO4S. The maximum atomic E-state index is 12.2. The van der Waals surface area contributed by atoms with Crippen molar-refractivity contribution in [2.45, 2.75) is 51.5 Å². The van der Waals surface area contributed by atoms with E-state index in [1.807, 2.05) is 0 Å². The molecule has 0 unspecified atom stereocenters. The van der Waals surface area contributed by atoms with Crippen LogP contribution in [0.2, 0.25) is 0 Å². The molecule has 0 amide bonds. The summed E-state index contributed by atoms with van der Waals surface area (Å²) in [6, 6.07) is 0.124. The quantitative estimate of drug-likeness (QED) is 0.700. The van der Waals surface area contributed by atoms with Gasteiger partial charge in [0.15, 0.2) is 0 Å². The zero-order valence-corrected chi connectivity index (χ0v) is 12.9. The Labute approximate surface area is 116 Å². The van der Waals surface area contributed by atoms with Crippen molar-refractivity contribution in [2.75, 3.05) is 19.9 Å². The number of methoxy groups -OCH3 is 1. The number of hydrogen-bond donors (Lipinski definition) is 0. The minimum atomic E-state index is -3.26. The number of ether oxygens (including phenoxy) is 1. The van der Waals surface area contributed by atoms with E-state index in [1.165, 1.54) is 11.4 Å². The molecule has 1 aliphatic carbocycles. The van der Waals surface area contributed by atoms with Gasteiger partial charge in [-0.05, 0) is 38.0 Å². The molecule has 112 valence electrons. The molecule has 0 radical (unpaired) electrons.